The number of rotatable bonds is 5. The maximum atomic E-state index is 6.82. The average Bonchev–Trinajstić information content (AvgIpc) is 3.74. The van der Waals surface area contributed by atoms with E-state index in [1.54, 1.807) is 0 Å². The monoisotopic (exact) mass is 640 g/mol. The van der Waals surface area contributed by atoms with Crippen LogP contribution in [0, 0.1) is 0 Å². The number of aromatic nitrogens is 4. The Balaban J connectivity index is 1.17. The van der Waals surface area contributed by atoms with E-state index in [2.05, 4.69) is 114 Å². The highest BCUT2D eigenvalue weighted by molar-refractivity contribution is 6.17. The van der Waals surface area contributed by atoms with Crippen molar-refractivity contribution in [2.45, 2.75) is 0 Å². The average molecular weight is 641 g/mol. The summed E-state index contributed by atoms with van der Waals surface area (Å²) in [7, 11) is 0. The Labute approximate surface area is 287 Å². The number of furan rings is 1. The molecular formula is C45H28N4O. The zero-order valence-electron chi connectivity index (χ0n) is 26.9. The molecule has 3 heterocycles. The number of para-hydroxylation sites is 2. The van der Waals surface area contributed by atoms with Gasteiger partial charge in [-0.15, -0.1) is 0 Å². The minimum atomic E-state index is 0.594. The lowest BCUT2D eigenvalue weighted by molar-refractivity contribution is 0.666. The van der Waals surface area contributed by atoms with Crippen LogP contribution in [-0.4, -0.2) is 19.5 Å². The number of hydrogen-bond donors (Lipinski definition) is 0. The van der Waals surface area contributed by atoms with Crippen molar-refractivity contribution in [3.05, 3.63) is 170 Å². The largest absolute Gasteiger partial charge is 0.454 e. The van der Waals surface area contributed by atoms with Gasteiger partial charge >= 0.3 is 0 Å². The fourth-order valence-corrected chi connectivity index (χ4v) is 7.17. The van der Waals surface area contributed by atoms with Gasteiger partial charge < -0.3 is 8.98 Å². The minimum Gasteiger partial charge on any atom is -0.454 e. The molecular weight excluding hydrogens is 613 g/mol. The molecule has 0 radical (unpaired) electrons. The third-order valence-electron chi connectivity index (χ3n) is 9.46. The molecule has 10 aromatic rings. The van der Waals surface area contributed by atoms with Crippen LogP contribution in [0.2, 0.25) is 0 Å². The highest BCUT2D eigenvalue weighted by Crippen LogP contribution is 2.41. The normalized spacial score (nSPS) is 11.6. The maximum Gasteiger partial charge on any atom is 0.164 e. The molecule has 0 spiro atoms. The van der Waals surface area contributed by atoms with Gasteiger partial charge in [-0.3, -0.25) is 0 Å². The van der Waals surface area contributed by atoms with Crippen LogP contribution in [0.15, 0.2) is 174 Å². The van der Waals surface area contributed by atoms with E-state index in [1.807, 2.05) is 60.7 Å². The van der Waals surface area contributed by atoms with Crippen molar-refractivity contribution < 1.29 is 4.42 Å². The quantitative estimate of drug-likeness (QED) is 0.188. The zero-order valence-corrected chi connectivity index (χ0v) is 26.9. The predicted octanol–water partition coefficient (Wildman–Crippen LogP) is 11.5. The lowest BCUT2D eigenvalue weighted by atomic mass is 9.99. The second-order valence-electron chi connectivity index (χ2n) is 12.4. The maximum absolute atomic E-state index is 6.82. The first-order chi connectivity index (χ1) is 24.8. The first kappa shape index (κ1) is 28.2. The van der Waals surface area contributed by atoms with Gasteiger partial charge in [-0.2, -0.15) is 0 Å². The molecule has 0 fully saturated rings. The Morgan fingerprint density at radius 3 is 1.66 bits per heavy atom. The van der Waals surface area contributed by atoms with Crippen LogP contribution in [0.3, 0.4) is 0 Å². The Kier molecular flexibility index (Phi) is 6.42. The van der Waals surface area contributed by atoms with Crippen LogP contribution in [0.1, 0.15) is 0 Å². The van der Waals surface area contributed by atoms with Gasteiger partial charge in [0.1, 0.15) is 5.58 Å². The summed E-state index contributed by atoms with van der Waals surface area (Å²) in [5.74, 6) is 1.85. The molecule has 0 aliphatic rings. The third-order valence-corrected chi connectivity index (χ3v) is 9.46. The lowest BCUT2D eigenvalue weighted by Gasteiger charge is -2.09. The van der Waals surface area contributed by atoms with Crippen LogP contribution in [-0.2, 0) is 0 Å². The fraction of sp³-hybridized carbons (Fsp3) is 0. The Hall–Kier alpha value is -6.85. The van der Waals surface area contributed by atoms with Gasteiger partial charge in [0.15, 0.2) is 23.1 Å². The van der Waals surface area contributed by atoms with Gasteiger partial charge in [0.25, 0.3) is 0 Å². The number of hydrogen-bond acceptors (Lipinski definition) is 4. The third kappa shape index (κ3) is 4.52. The van der Waals surface area contributed by atoms with Gasteiger partial charge in [0.2, 0.25) is 0 Å². The van der Waals surface area contributed by atoms with Gasteiger partial charge in [0.05, 0.1) is 16.7 Å². The Morgan fingerprint density at radius 1 is 0.400 bits per heavy atom. The predicted molar refractivity (Wildman–Crippen MR) is 203 cm³/mol. The summed E-state index contributed by atoms with van der Waals surface area (Å²) in [5, 5.41) is 4.52. The molecule has 0 aliphatic heterocycles. The molecule has 7 aromatic carbocycles. The van der Waals surface area contributed by atoms with Crippen LogP contribution in [0.25, 0.3) is 94.7 Å². The minimum absolute atomic E-state index is 0.594. The van der Waals surface area contributed by atoms with Crippen molar-refractivity contribution >= 4 is 43.7 Å². The van der Waals surface area contributed by atoms with E-state index in [-0.39, 0.29) is 0 Å². The van der Waals surface area contributed by atoms with Gasteiger partial charge in [0, 0.05) is 38.2 Å². The molecule has 234 valence electrons. The molecule has 3 aromatic heterocycles. The number of benzene rings is 7. The highest BCUT2D eigenvalue weighted by Gasteiger charge is 2.20. The molecule has 5 heteroatoms. The van der Waals surface area contributed by atoms with Gasteiger partial charge in [-0.1, -0.05) is 140 Å². The number of fused-ring (bicyclic) bond motifs is 6. The van der Waals surface area contributed by atoms with Gasteiger partial charge in [-0.25, -0.2) is 15.0 Å². The second-order valence-corrected chi connectivity index (χ2v) is 12.4. The summed E-state index contributed by atoms with van der Waals surface area (Å²) in [4.78, 5) is 14.8. The smallest absolute Gasteiger partial charge is 0.164 e. The molecule has 0 saturated heterocycles. The van der Waals surface area contributed by atoms with E-state index in [0.717, 1.165) is 55.3 Å². The van der Waals surface area contributed by atoms with Crippen LogP contribution in [0.4, 0.5) is 0 Å². The first-order valence-corrected chi connectivity index (χ1v) is 16.7. The van der Waals surface area contributed by atoms with Crippen LogP contribution < -0.4 is 0 Å². The fourth-order valence-electron chi connectivity index (χ4n) is 7.17. The topological polar surface area (TPSA) is 56.7 Å². The molecule has 0 aliphatic carbocycles. The summed E-state index contributed by atoms with van der Waals surface area (Å²) in [6, 6.07) is 58.5. The Bertz CT molecular complexity index is 2800. The molecule has 0 amide bonds. The van der Waals surface area contributed by atoms with Crippen LogP contribution >= 0.6 is 0 Å². The lowest BCUT2D eigenvalue weighted by Crippen LogP contribution is -2.00. The van der Waals surface area contributed by atoms with E-state index in [4.69, 9.17) is 19.4 Å². The van der Waals surface area contributed by atoms with Crippen molar-refractivity contribution in [1.82, 2.24) is 19.5 Å². The SMILES string of the molecule is c1ccc(-c2nc(-c3ccccc3)nc(-c3ccc4c(c3)oc3c(-n5c6ccccc6c6c(-c7ccccc7)cccc65)cccc34)n2)cc1. The van der Waals surface area contributed by atoms with Crippen LogP contribution in [0.5, 0.6) is 0 Å². The molecule has 5 nitrogen and oxygen atoms in total. The molecule has 0 saturated carbocycles. The number of nitrogens with zero attached hydrogens (tertiary/aromatic N) is 4. The first-order valence-electron chi connectivity index (χ1n) is 16.7. The standard InChI is InChI=1S/C45H28N4O/c1-4-14-29(15-5-1)33-21-12-24-38-41(33)36-20-10-11-23-37(36)49(38)39-25-13-22-35-34-27-26-32(28-40(34)50-42(35)39)45-47-43(30-16-6-2-7-17-30)46-44(48-45)31-18-8-3-9-19-31/h1-28H. The summed E-state index contributed by atoms with van der Waals surface area (Å²) in [5.41, 5.74) is 10.0. The summed E-state index contributed by atoms with van der Waals surface area (Å²) >= 11 is 0. The van der Waals surface area contributed by atoms with Crippen molar-refractivity contribution in [2.24, 2.45) is 0 Å². The molecule has 50 heavy (non-hydrogen) atoms. The van der Waals surface area contributed by atoms with Gasteiger partial charge in [-0.05, 0) is 41.5 Å². The second kappa shape index (κ2) is 11.4. The summed E-state index contributed by atoms with van der Waals surface area (Å²) in [6.45, 7) is 0. The molecule has 0 atom stereocenters. The zero-order chi connectivity index (χ0) is 33.0. The molecule has 0 unspecified atom stereocenters. The molecule has 10 rings (SSSR count). The van der Waals surface area contributed by atoms with Crippen molar-refractivity contribution in [3.8, 4) is 51.0 Å². The van der Waals surface area contributed by atoms with E-state index in [9.17, 15) is 0 Å². The summed E-state index contributed by atoms with van der Waals surface area (Å²) < 4.78 is 9.16. The molecule has 0 bridgehead atoms. The van der Waals surface area contributed by atoms with Crippen molar-refractivity contribution in [2.75, 3.05) is 0 Å². The van der Waals surface area contributed by atoms with E-state index in [1.165, 1.54) is 21.9 Å². The highest BCUT2D eigenvalue weighted by atomic mass is 16.3. The van der Waals surface area contributed by atoms with Crippen molar-refractivity contribution in [3.63, 3.8) is 0 Å². The molecule has 0 N–H and O–H groups in total. The van der Waals surface area contributed by atoms with E-state index in [0.29, 0.717) is 17.5 Å². The van der Waals surface area contributed by atoms with Crippen molar-refractivity contribution in [1.29, 1.82) is 0 Å². The van der Waals surface area contributed by atoms with E-state index < -0.39 is 0 Å². The Morgan fingerprint density at radius 2 is 0.960 bits per heavy atom. The van der Waals surface area contributed by atoms with E-state index >= 15 is 0 Å². The summed E-state index contributed by atoms with van der Waals surface area (Å²) in [6.07, 6.45) is 0.